The molecule has 9 nitrogen and oxygen atoms in total. The summed E-state index contributed by atoms with van der Waals surface area (Å²) in [5.74, 6) is -1.96. The Morgan fingerprint density at radius 3 is 1.95 bits per heavy atom. The lowest BCUT2D eigenvalue weighted by molar-refractivity contribution is -0.158. The van der Waals surface area contributed by atoms with E-state index >= 15 is 0 Å². The second-order valence-electron chi connectivity index (χ2n) is 9.92. The van der Waals surface area contributed by atoms with Crippen LogP contribution in [-0.2, 0) is 35.1 Å². The van der Waals surface area contributed by atoms with E-state index < -0.39 is 30.1 Å². The second kappa shape index (κ2) is 16.0. The van der Waals surface area contributed by atoms with Crippen LogP contribution in [0.1, 0.15) is 79.7 Å². The highest BCUT2D eigenvalue weighted by atomic mass is 16.6. The van der Waals surface area contributed by atoms with E-state index in [4.69, 9.17) is 24.7 Å². The first kappa shape index (κ1) is 32.1. The number of esters is 4. The Morgan fingerprint density at radius 2 is 1.41 bits per heavy atom. The molecule has 208 valence electrons. The van der Waals surface area contributed by atoms with Crippen LogP contribution >= 0.6 is 0 Å². The highest BCUT2D eigenvalue weighted by molar-refractivity contribution is 5.79. The van der Waals surface area contributed by atoms with Gasteiger partial charge in [0, 0.05) is 6.42 Å². The summed E-state index contributed by atoms with van der Waals surface area (Å²) in [7, 11) is 0. The van der Waals surface area contributed by atoms with Gasteiger partial charge in [-0.15, -0.1) is 0 Å². The van der Waals surface area contributed by atoms with Gasteiger partial charge in [0.25, 0.3) is 0 Å². The Morgan fingerprint density at radius 1 is 0.838 bits per heavy atom. The van der Waals surface area contributed by atoms with Crippen molar-refractivity contribution >= 4 is 23.9 Å². The molecular weight excluding hydrogens is 478 g/mol. The molecule has 0 bridgehead atoms. The molecule has 1 aromatic carbocycles. The van der Waals surface area contributed by atoms with E-state index in [1.165, 1.54) is 12.1 Å². The summed E-state index contributed by atoms with van der Waals surface area (Å²) in [4.78, 5) is 49.0. The fraction of sp³-hybridized carbons (Fsp3) is 0.643. The van der Waals surface area contributed by atoms with E-state index in [1.54, 1.807) is 26.8 Å². The average molecular weight is 522 g/mol. The van der Waals surface area contributed by atoms with Gasteiger partial charge in [0.1, 0.15) is 18.8 Å². The molecule has 0 aliphatic rings. The van der Waals surface area contributed by atoms with Gasteiger partial charge < -0.3 is 24.7 Å². The summed E-state index contributed by atoms with van der Waals surface area (Å²) < 4.78 is 21.5. The van der Waals surface area contributed by atoms with Gasteiger partial charge >= 0.3 is 23.9 Å². The van der Waals surface area contributed by atoms with Crippen molar-refractivity contribution < 1.29 is 38.1 Å². The number of carbonyl (C=O) groups excluding carboxylic acids is 4. The van der Waals surface area contributed by atoms with Gasteiger partial charge in [0.15, 0.2) is 11.5 Å². The number of hydrogen-bond donors (Lipinski definition) is 1. The van der Waals surface area contributed by atoms with Crippen molar-refractivity contribution in [2.24, 2.45) is 23.5 Å². The van der Waals surface area contributed by atoms with Gasteiger partial charge in [0.2, 0.25) is 0 Å². The standard InChI is InChI=1S/C28H43NO8/c1-8-18(5)26(31)36-23-12-11-21(15-24(23)37-27(32)19(6)9-2)14-22(29)28(33)34-16-20(7)35-25(30)13-10-17(3)4/h11-12,15,17-20,22H,8-10,13-14,16,29H2,1-7H3/t18?,19?,20-,22-/m0/s1. The molecule has 2 N–H and O–H groups in total. The number of ether oxygens (including phenoxy) is 4. The molecule has 0 heterocycles. The summed E-state index contributed by atoms with van der Waals surface area (Å²) in [6.45, 7) is 12.8. The predicted molar refractivity (Wildman–Crippen MR) is 139 cm³/mol. The van der Waals surface area contributed by atoms with E-state index in [0.717, 1.165) is 6.42 Å². The zero-order valence-electron chi connectivity index (χ0n) is 23.2. The van der Waals surface area contributed by atoms with Crippen LogP contribution in [0.3, 0.4) is 0 Å². The van der Waals surface area contributed by atoms with E-state index in [0.29, 0.717) is 30.7 Å². The summed E-state index contributed by atoms with van der Waals surface area (Å²) in [6, 6.07) is 3.69. The van der Waals surface area contributed by atoms with Crippen LogP contribution in [0.2, 0.25) is 0 Å². The maximum Gasteiger partial charge on any atom is 0.323 e. The molecule has 0 aliphatic carbocycles. The van der Waals surface area contributed by atoms with Crippen molar-refractivity contribution in [1.82, 2.24) is 0 Å². The normalized spacial score (nSPS) is 14.3. The monoisotopic (exact) mass is 521 g/mol. The Labute approximate surface area is 220 Å². The first-order chi connectivity index (χ1) is 17.4. The summed E-state index contributed by atoms with van der Waals surface area (Å²) in [5, 5.41) is 0. The molecular formula is C28H43NO8. The van der Waals surface area contributed by atoms with Gasteiger partial charge in [-0.3, -0.25) is 19.2 Å². The molecule has 0 radical (unpaired) electrons. The van der Waals surface area contributed by atoms with Crippen molar-refractivity contribution in [2.75, 3.05) is 6.61 Å². The zero-order chi connectivity index (χ0) is 28.1. The minimum absolute atomic E-state index is 0.0851. The molecule has 4 atom stereocenters. The molecule has 1 rings (SSSR count). The molecule has 0 aromatic heterocycles. The van der Waals surface area contributed by atoms with E-state index in [1.807, 2.05) is 27.7 Å². The van der Waals surface area contributed by atoms with Crippen LogP contribution in [-0.4, -0.2) is 42.6 Å². The fourth-order valence-electron chi connectivity index (χ4n) is 2.96. The first-order valence-electron chi connectivity index (χ1n) is 13.1. The van der Waals surface area contributed by atoms with E-state index in [9.17, 15) is 19.2 Å². The molecule has 1 aromatic rings. The maximum absolute atomic E-state index is 12.4. The molecule has 0 spiro atoms. The lowest BCUT2D eigenvalue weighted by Crippen LogP contribution is -2.36. The summed E-state index contributed by atoms with van der Waals surface area (Å²) in [5.41, 5.74) is 6.63. The molecule has 2 unspecified atom stereocenters. The Kier molecular flexibility index (Phi) is 13.9. The number of benzene rings is 1. The number of rotatable bonds is 15. The van der Waals surface area contributed by atoms with E-state index in [-0.39, 0.29) is 42.3 Å². The lowest BCUT2D eigenvalue weighted by Gasteiger charge is -2.18. The Bertz CT molecular complexity index is 913. The SMILES string of the molecule is CCC(C)C(=O)Oc1ccc(C[C@H](N)C(=O)OC[C@H](C)OC(=O)CCC(C)C)cc1OC(=O)C(C)CC. The van der Waals surface area contributed by atoms with E-state index in [2.05, 4.69) is 0 Å². The topological polar surface area (TPSA) is 131 Å². The average Bonchev–Trinajstić information content (AvgIpc) is 2.86. The highest BCUT2D eigenvalue weighted by Gasteiger charge is 2.23. The summed E-state index contributed by atoms with van der Waals surface area (Å²) >= 11 is 0. The van der Waals surface area contributed by atoms with Crippen molar-refractivity contribution in [3.05, 3.63) is 23.8 Å². The van der Waals surface area contributed by atoms with Crippen molar-refractivity contribution in [1.29, 1.82) is 0 Å². The minimum atomic E-state index is -1.00. The van der Waals surface area contributed by atoms with Crippen LogP contribution in [0.15, 0.2) is 18.2 Å². The molecule has 9 heteroatoms. The number of nitrogens with two attached hydrogens (primary N) is 1. The van der Waals surface area contributed by atoms with Gasteiger partial charge in [0.05, 0.1) is 11.8 Å². The van der Waals surface area contributed by atoms with Gasteiger partial charge in [-0.1, -0.05) is 47.6 Å². The minimum Gasteiger partial charge on any atom is -0.461 e. The van der Waals surface area contributed by atoms with Crippen molar-refractivity contribution in [3.8, 4) is 11.5 Å². The third kappa shape index (κ3) is 11.8. The molecule has 37 heavy (non-hydrogen) atoms. The van der Waals surface area contributed by atoms with Crippen LogP contribution in [0.25, 0.3) is 0 Å². The molecule has 0 amide bonds. The van der Waals surface area contributed by atoms with Crippen LogP contribution in [0, 0.1) is 17.8 Å². The largest absolute Gasteiger partial charge is 0.461 e. The van der Waals surface area contributed by atoms with Crippen LogP contribution < -0.4 is 15.2 Å². The van der Waals surface area contributed by atoms with Gasteiger partial charge in [-0.25, -0.2) is 0 Å². The smallest absolute Gasteiger partial charge is 0.323 e. The third-order valence-electron chi connectivity index (χ3n) is 5.94. The Hall–Kier alpha value is -2.94. The lowest BCUT2D eigenvalue weighted by atomic mass is 10.1. The maximum atomic E-state index is 12.4. The number of hydrogen-bond acceptors (Lipinski definition) is 9. The molecule has 0 saturated heterocycles. The fourth-order valence-corrected chi connectivity index (χ4v) is 2.96. The third-order valence-corrected chi connectivity index (χ3v) is 5.94. The van der Waals surface area contributed by atoms with Crippen LogP contribution in [0.5, 0.6) is 11.5 Å². The molecule has 0 aliphatic heterocycles. The highest BCUT2D eigenvalue weighted by Crippen LogP contribution is 2.31. The molecule has 0 saturated carbocycles. The van der Waals surface area contributed by atoms with Crippen molar-refractivity contribution in [2.45, 2.75) is 92.7 Å². The predicted octanol–water partition coefficient (Wildman–Crippen LogP) is 4.37. The van der Waals surface area contributed by atoms with Crippen molar-refractivity contribution in [3.63, 3.8) is 0 Å². The van der Waals surface area contributed by atoms with Crippen LogP contribution in [0.4, 0.5) is 0 Å². The first-order valence-corrected chi connectivity index (χ1v) is 13.1. The van der Waals surface area contributed by atoms with Gasteiger partial charge in [-0.2, -0.15) is 0 Å². The zero-order valence-corrected chi connectivity index (χ0v) is 23.2. The molecule has 0 fully saturated rings. The summed E-state index contributed by atoms with van der Waals surface area (Å²) in [6.07, 6.45) is 1.72. The Balaban J connectivity index is 2.84. The quantitative estimate of drug-likeness (QED) is 0.264. The second-order valence-corrected chi connectivity index (χ2v) is 9.92. The number of carbonyl (C=O) groups is 4. The van der Waals surface area contributed by atoms with Gasteiger partial charge in [-0.05, 0) is 56.2 Å².